The van der Waals surface area contributed by atoms with Gasteiger partial charge in [0, 0.05) is 24.5 Å². The van der Waals surface area contributed by atoms with E-state index < -0.39 is 10.0 Å². The number of benzene rings is 2. The molecule has 0 aliphatic rings. The van der Waals surface area contributed by atoms with Crippen LogP contribution in [0.1, 0.15) is 30.4 Å². The minimum Gasteiger partial charge on any atom is -0.356 e. The van der Waals surface area contributed by atoms with Crippen molar-refractivity contribution in [1.82, 2.24) is 5.32 Å². The maximum absolute atomic E-state index is 12.1. The lowest BCUT2D eigenvalue weighted by Gasteiger charge is -2.22. The molecule has 0 spiro atoms. The minimum atomic E-state index is -3.39. The maximum Gasteiger partial charge on any atom is 0.232 e. The van der Waals surface area contributed by atoms with E-state index in [2.05, 4.69) is 5.32 Å². The summed E-state index contributed by atoms with van der Waals surface area (Å²) in [5, 5.41) is 3.60. The lowest BCUT2D eigenvalue weighted by Crippen LogP contribution is -2.32. The van der Waals surface area contributed by atoms with Crippen molar-refractivity contribution in [2.75, 3.05) is 23.7 Å². The Balaban J connectivity index is 1.73. The fourth-order valence-electron chi connectivity index (χ4n) is 2.84. The SMILES string of the molecule is Cc1ccc(N(CCCC(=O)NCCCc2ccc(Cl)cc2)S(C)(=O)=O)cc1. The first kappa shape index (κ1) is 22.2. The molecule has 0 radical (unpaired) electrons. The van der Waals surface area contributed by atoms with Crippen molar-refractivity contribution in [1.29, 1.82) is 0 Å². The van der Waals surface area contributed by atoms with Crippen LogP contribution in [0.3, 0.4) is 0 Å². The average Bonchev–Trinajstić information content (AvgIpc) is 2.64. The van der Waals surface area contributed by atoms with Crippen LogP contribution in [0, 0.1) is 6.92 Å². The zero-order valence-electron chi connectivity index (χ0n) is 16.3. The van der Waals surface area contributed by atoms with Crippen LogP contribution in [0.5, 0.6) is 0 Å². The second-order valence-electron chi connectivity index (χ2n) is 6.85. The van der Waals surface area contributed by atoms with Crippen LogP contribution >= 0.6 is 11.6 Å². The Morgan fingerprint density at radius 1 is 1.04 bits per heavy atom. The summed E-state index contributed by atoms with van der Waals surface area (Å²) in [5.74, 6) is -0.0616. The number of nitrogens with zero attached hydrogens (tertiary/aromatic N) is 1. The van der Waals surface area contributed by atoms with Crippen molar-refractivity contribution in [3.63, 3.8) is 0 Å². The summed E-state index contributed by atoms with van der Waals surface area (Å²) in [7, 11) is -3.39. The molecule has 0 aromatic heterocycles. The molecular weight excluding hydrogens is 396 g/mol. The van der Waals surface area contributed by atoms with Gasteiger partial charge in [-0.05, 0) is 56.0 Å². The molecule has 2 aromatic rings. The Labute approximate surface area is 172 Å². The molecule has 1 amide bonds. The van der Waals surface area contributed by atoms with Gasteiger partial charge in [-0.2, -0.15) is 0 Å². The van der Waals surface area contributed by atoms with Crippen LogP contribution in [0.15, 0.2) is 48.5 Å². The van der Waals surface area contributed by atoms with Crippen molar-refractivity contribution in [3.05, 3.63) is 64.7 Å². The number of carbonyl (C=O) groups excluding carboxylic acids is 1. The van der Waals surface area contributed by atoms with Crippen LogP contribution < -0.4 is 9.62 Å². The zero-order chi connectivity index (χ0) is 20.6. The van der Waals surface area contributed by atoms with Gasteiger partial charge in [-0.25, -0.2) is 8.42 Å². The standard InChI is InChI=1S/C21H27ClN2O3S/c1-17-7-13-20(14-8-17)24(28(2,26)27)16-4-6-21(25)23-15-3-5-18-9-11-19(22)12-10-18/h7-14H,3-6,15-16H2,1-2H3,(H,23,25). The van der Waals surface area contributed by atoms with Gasteiger partial charge in [0.25, 0.3) is 0 Å². The lowest BCUT2D eigenvalue weighted by atomic mass is 10.1. The van der Waals surface area contributed by atoms with E-state index in [1.54, 1.807) is 12.1 Å². The Morgan fingerprint density at radius 3 is 2.29 bits per heavy atom. The van der Waals surface area contributed by atoms with Crippen LogP contribution in [0.4, 0.5) is 5.69 Å². The number of hydrogen-bond donors (Lipinski definition) is 1. The molecule has 0 aliphatic carbocycles. The van der Waals surface area contributed by atoms with E-state index in [0.29, 0.717) is 30.1 Å². The molecule has 1 N–H and O–H groups in total. The Bertz CT molecular complexity index is 866. The molecule has 152 valence electrons. The third-order valence-electron chi connectivity index (χ3n) is 4.36. The summed E-state index contributed by atoms with van der Waals surface area (Å²) in [5.41, 5.74) is 2.87. The van der Waals surface area contributed by atoms with Crippen molar-refractivity contribution >= 4 is 33.2 Å². The van der Waals surface area contributed by atoms with Crippen LogP contribution in [0.25, 0.3) is 0 Å². The van der Waals surface area contributed by atoms with Crippen molar-refractivity contribution in [3.8, 4) is 0 Å². The Hall–Kier alpha value is -2.05. The van der Waals surface area contributed by atoms with Gasteiger partial charge >= 0.3 is 0 Å². The fraction of sp³-hybridized carbons (Fsp3) is 0.381. The molecule has 0 bridgehead atoms. The third kappa shape index (κ3) is 7.52. The molecule has 28 heavy (non-hydrogen) atoms. The normalized spacial score (nSPS) is 11.2. The van der Waals surface area contributed by atoms with Crippen molar-refractivity contribution in [2.24, 2.45) is 0 Å². The fourth-order valence-corrected chi connectivity index (χ4v) is 3.93. The third-order valence-corrected chi connectivity index (χ3v) is 5.81. The second-order valence-corrected chi connectivity index (χ2v) is 9.20. The van der Waals surface area contributed by atoms with E-state index in [4.69, 9.17) is 11.6 Å². The number of amides is 1. The largest absolute Gasteiger partial charge is 0.356 e. The monoisotopic (exact) mass is 422 g/mol. The summed E-state index contributed by atoms with van der Waals surface area (Å²) in [4.78, 5) is 12.0. The van der Waals surface area contributed by atoms with E-state index in [-0.39, 0.29) is 12.5 Å². The molecule has 0 saturated carbocycles. The molecule has 0 heterocycles. The quantitative estimate of drug-likeness (QED) is 0.589. The Kier molecular flexibility index (Phi) is 8.33. The number of halogens is 1. The Morgan fingerprint density at radius 2 is 1.68 bits per heavy atom. The topological polar surface area (TPSA) is 66.5 Å². The summed E-state index contributed by atoms with van der Waals surface area (Å²) >= 11 is 5.86. The lowest BCUT2D eigenvalue weighted by molar-refractivity contribution is -0.121. The zero-order valence-corrected chi connectivity index (χ0v) is 17.9. The van der Waals surface area contributed by atoms with E-state index in [0.717, 1.165) is 18.4 Å². The predicted molar refractivity (Wildman–Crippen MR) is 115 cm³/mol. The number of sulfonamides is 1. The van der Waals surface area contributed by atoms with E-state index in [9.17, 15) is 13.2 Å². The van der Waals surface area contributed by atoms with Gasteiger partial charge < -0.3 is 5.32 Å². The first-order valence-corrected chi connectivity index (χ1v) is 11.5. The number of anilines is 1. The highest BCUT2D eigenvalue weighted by molar-refractivity contribution is 7.92. The van der Waals surface area contributed by atoms with Gasteiger partial charge in [0.2, 0.25) is 15.9 Å². The highest BCUT2D eigenvalue weighted by atomic mass is 35.5. The van der Waals surface area contributed by atoms with Crippen LogP contribution in [0.2, 0.25) is 5.02 Å². The molecule has 0 aliphatic heterocycles. The molecule has 0 atom stereocenters. The van der Waals surface area contributed by atoms with Gasteiger partial charge in [-0.15, -0.1) is 0 Å². The highest BCUT2D eigenvalue weighted by Crippen LogP contribution is 2.19. The number of aryl methyl sites for hydroxylation is 2. The van der Waals surface area contributed by atoms with E-state index in [1.807, 2.05) is 43.3 Å². The molecule has 0 unspecified atom stereocenters. The molecular formula is C21H27ClN2O3S. The summed E-state index contributed by atoms with van der Waals surface area (Å²) in [6, 6.07) is 15.0. The smallest absolute Gasteiger partial charge is 0.232 e. The summed E-state index contributed by atoms with van der Waals surface area (Å²) < 4.78 is 25.5. The predicted octanol–water partition coefficient (Wildman–Crippen LogP) is 3.94. The first-order chi connectivity index (χ1) is 13.3. The maximum atomic E-state index is 12.1. The summed E-state index contributed by atoms with van der Waals surface area (Å²) in [6.07, 6.45) is 3.64. The minimum absolute atomic E-state index is 0.0616. The number of hydrogen-bond acceptors (Lipinski definition) is 3. The summed E-state index contributed by atoms with van der Waals surface area (Å²) in [6.45, 7) is 2.82. The van der Waals surface area contributed by atoms with Gasteiger partial charge in [0.1, 0.15) is 0 Å². The molecule has 0 saturated heterocycles. The molecule has 7 heteroatoms. The van der Waals surface area contributed by atoms with Gasteiger partial charge in [0.15, 0.2) is 0 Å². The van der Waals surface area contributed by atoms with Crippen molar-refractivity contribution < 1.29 is 13.2 Å². The molecule has 5 nitrogen and oxygen atoms in total. The van der Waals surface area contributed by atoms with E-state index >= 15 is 0 Å². The van der Waals surface area contributed by atoms with Gasteiger partial charge in [-0.1, -0.05) is 41.4 Å². The van der Waals surface area contributed by atoms with Gasteiger partial charge in [0.05, 0.1) is 11.9 Å². The highest BCUT2D eigenvalue weighted by Gasteiger charge is 2.17. The van der Waals surface area contributed by atoms with Crippen LogP contribution in [-0.4, -0.2) is 33.7 Å². The second kappa shape index (κ2) is 10.5. The number of nitrogens with one attached hydrogen (secondary N) is 1. The van der Waals surface area contributed by atoms with Gasteiger partial charge in [-0.3, -0.25) is 9.10 Å². The molecule has 2 aromatic carbocycles. The number of carbonyl (C=O) groups is 1. The first-order valence-electron chi connectivity index (χ1n) is 9.31. The molecule has 2 rings (SSSR count). The van der Waals surface area contributed by atoms with Crippen molar-refractivity contribution in [2.45, 2.75) is 32.6 Å². The molecule has 0 fully saturated rings. The number of rotatable bonds is 10. The average molecular weight is 423 g/mol. The van der Waals surface area contributed by atoms with Crippen LogP contribution in [-0.2, 0) is 21.2 Å². The van der Waals surface area contributed by atoms with E-state index in [1.165, 1.54) is 16.1 Å².